The third-order valence-electron chi connectivity index (χ3n) is 4.81. The number of aromatic amines is 1. The molecule has 3 atom stereocenters. The van der Waals surface area contributed by atoms with Crippen LogP contribution in [0, 0.1) is 0 Å². The molecule has 0 saturated carbocycles. The van der Waals surface area contributed by atoms with Gasteiger partial charge in [-0.2, -0.15) is 5.21 Å². The lowest BCUT2D eigenvalue weighted by Gasteiger charge is -2.44. The van der Waals surface area contributed by atoms with Crippen LogP contribution in [0.5, 0.6) is 0 Å². The standard InChI is InChI=1S/C17H19N7O3S/c1-17(2)12(13-20-22-23-21-13)24-15(27)11(16(24)28-17)19-10(25)8-18-14(26)9-6-4-3-5-7-9/h3-7,11-12,16H,8H2,1-2H3,(H,18,26)(H,19,25)(H,20,21,22,23). The molecule has 146 valence electrons. The Hall–Kier alpha value is -2.95. The van der Waals surface area contributed by atoms with Gasteiger partial charge in [0, 0.05) is 10.3 Å². The minimum atomic E-state index is -0.637. The van der Waals surface area contributed by atoms with Crippen LogP contribution in [0.25, 0.3) is 0 Å². The number of fused-ring (bicyclic) bond motifs is 1. The maximum atomic E-state index is 12.7. The number of nitrogens with one attached hydrogen (secondary N) is 3. The molecule has 3 heterocycles. The maximum Gasteiger partial charge on any atom is 0.251 e. The number of carbonyl (C=O) groups is 3. The van der Waals surface area contributed by atoms with Crippen LogP contribution in [0.1, 0.15) is 36.1 Å². The van der Waals surface area contributed by atoms with Gasteiger partial charge in [-0.1, -0.05) is 23.4 Å². The van der Waals surface area contributed by atoms with Gasteiger partial charge >= 0.3 is 0 Å². The minimum Gasteiger partial charge on any atom is -0.343 e. The molecule has 2 saturated heterocycles. The van der Waals surface area contributed by atoms with E-state index in [1.54, 1.807) is 47.0 Å². The molecule has 2 aromatic rings. The first kappa shape index (κ1) is 18.4. The molecule has 1 aromatic carbocycles. The van der Waals surface area contributed by atoms with Crippen LogP contribution >= 0.6 is 11.8 Å². The second-order valence-electron chi connectivity index (χ2n) is 7.12. The third kappa shape index (κ3) is 3.11. The van der Waals surface area contributed by atoms with E-state index in [4.69, 9.17) is 0 Å². The Morgan fingerprint density at radius 2 is 2.04 bits per heavy atom. The van der Waals surface area contributed by atoms with Gasteiger partial charge < -0.3 is 15.5 Å². The molecule has 3 amide bonds. The van der Waals surface area contributed by atoms with Crippen molar-refractivity contribution in [3.05, 3.63) is 41.7 Å². The molecule has 0 bridgehead atoms. The van der Waals surface area contributed by atoms with Gasteiger partial charge in [-0.05, 0) is 26.0 Å². The number of rotatable bonds is 5. The van der Waals surface area contributed by atoms with E-state index < -0.39 is 11.9 Å². The fourth-order valence-corrected chi connectivity index (χ4v) is 5.16. The van der Waals surface area contributed by atoms with Gasteiger partial charge in [-0.15, -0.1) is 22.0 Å². The van der Waals surface area contributed by atoms with Crippen molar-refractivity contribution in [3.8, 4) is 0 Å². The Morgan fingerprint density at radius 3 is 2.71 bits per heavy atom. The zero-order valence-corrected chi connectivity index (χ0v) is 16.1. The summed E-state index contributed by atoms with van der Waals surface area (Å²) in [5, 5.41) is 19.1. The summed E-state index contributed by atoms with van der Waals surface area (Å²) < 4.78 is -0.328. The number of aromatic nitrogens is 4. The summed E-state index contributed by atoms with van der Waals surface area (Å²) in [5.41, 5.74) is 0.470. The minimum absolute atomic E-state index is 0.194. The Bertz CT molecular complexity index is 903. The number of thioether (sulfide) groups is 1. The van der Waals surface area contributed by atoms with Crippen molar-refractivity contribution in [1.29, 1.82) is 0 Å². The van der Waals surface area contributed by atoms with Gasteiger partial charge in [0.25, 0.3) is 5.91 Å². The first-order valence-electron chi connectivity index (χ1n) is 8.74. The highest BCUT2D eigenvalue weighted by atomic mass is 32.2. The second kappa shape index (κ2) is 6.89. The summed E-state index contributed by atoms with van der Waals surface area (Å²) in [6, 6.07) is 7.67. The summed E-state index contributed by atoms with van der Waals surface area (Å²) >= 11 is 1.58. The van der Waals surface area contributed by atoms with Crippen molar-refractivity contribution in [1.82, 2.24) is 36.2 Å². The van der Waals surface area contributed by atoms with Crippen LogP contribution in [0.15, 0.2) is 30.3 Å². The van der Waals surface area contributed by atoms with E-state index in [0.717, 1.165) is 0 Å². The van der Waals surface area contributed by atoms with Crippen LogP contribution in [0.4, 0.5) is 0 Å². The van der Waals surface area contributed by atoms with Crippen molar-refractivity contribution < 1.29 is 14.4 Å². The maximum absolute atomic E-state index is 12.7. The number of tetrazole rings is 1. The highest BCUT2D eigenvalue weighted by molar-refractivity contribution is 8.01. The van der Waals surface area contributed by atoms with E-state index in [0.29, 0.717) is 11.4 Å². The number of nitrogens with zero attached hydrogens (tertiary/aromatic N) is 4. The molecule has 28 heavy (non-hydrogen) atoms. The van der Waals surface area contributed by atoms with Gasteiger partial charge in [0.1, 0.15) is 17.5 Å². The van der Waals surface area contributed by atoms with E-state index in [1.807, 2.05) is 13.8 Å². The molecule has 3 unspecified atom stereocenters. The van der Waals surface area contributed by atoms with E-state index in [9.17, 15) is 14.4 Å². The van der Waals surface area contributed by atoms with Crippen molar-refractivity contribution in [2.45, 2.75) is 36.1 Å². The molecular weight excluding hydrogens is 382 g/mol. The molecule has 3 N–H and O–H groups in total. The summed E-state index contributed by atoms with van der Waals surface area (Å²) in [4.78, 5) is 38.6. The van der Waals surface area contributed by atoms with Crippen molar-refractivity contribution >= 4 is 29.5 Å². The quantitative estimate of drug-likeness (QED) is 0.593. The topological polar surface area (TPSA) is 133 Å². The Balaban J connectivity index is 1.36. The number of amides is 3. The number of hydrogen-bond acceptors (Lipinski definition) is 7. The van der Waals surface area contributed by atoms with Crippen molar-refractivity contribution in [3.63, 3.8) is 0 Å². The largest absolute Gasteiger partial charge is 0.343 e. The zero-order chi connectivity index (χ0) is 19.9. The predicted octanol–water partition coefficient (Wildman–Crippen LogP) is -0.151. The van der Waals surface area contributed by atoms with E-state index in [2.05, 4.69) is 31.3 Å². The number of carbonyl (C=O) groups excluding carboxylic acids is 3. The normalized spacial score (nSPS) is 25.0. The Kier molecular flexibility index (Phi) is 4.53. The van der Waals surface area contributed by atoms with Gasteiger partial charge in [-0.3, -0.25) is 14.4 Å². The van der Waals surface area contributed by atoms with Crippen molar-refractivity contribution in [2.75, 3.05) is 6.54 Å². The smallest absolute Gasteiger partial charge is 0.251 e. The van der Waals surface area contributed by atoms with Crippen molar-refractivity contribution in [2.24, 2.45) is 0 Å². The summed E-state index contributed by atoms with van der Waals surface area (Å²) in [7, 11) is 0. The van der Waals surface area contributed by atoms with Gasteiger partial charge in [0.15, 0.2) is 5.82 Å². The molecule has 4 rings (SSSR count). The number of H-pyrrole nitrogens is 1. The van der Waals surface area contributed by atoms with Gasteiger partial charge in [0.2, 0.25) is 11.8 Å². The molecule has 1 aromatic heterocycles. The average Bonchev–Trinajstić information content (AvgIpc) is 3.29. The predicted molar refractivity (Wildman–Crippen MR) is 99.9 cm³/mol. The van der Waals surface area contributed by atoms with Crippen LogP contribution in [-0.4, -0.2) is 66.0 Å². The molecule has 10 nitrogen and oxygen atoms in total. The summed E-state index contributed by atoms with van der Waals surface area (Å²) in [6.07, 6.45) is 0. The van der Waals surface area contributed by atoms with Gasteiger partial charge in [0.05, 0.1) is 6.54 Å². The average molecular weight is 401 g/mol. The molecule has 0 radical (unpaired) electrons. The van der Waals surface area contributed by atoms with Crippen LogP contribution in [0.3, 0.4) is 0 Å². The second-order valence-corrected chi connectivity index (χ2v) is 8.89. The highest BCUT2D eigenvalue weighted by Gasteiger charge is 2.63. The lowest BCUT2D eigenvalue weighted by atomic mass is 9.95. The fourth-order valence-electron chi connectivity index (χ4n) is 3.53. The van der Waals surface area contributed by atoms with E-state index in [-0.39, 0.29) is 34.5 Å². The summed E-state index contributed by atoms with van der Waals surface area (Å²) in [6.45, 7) is 3.80. The Morgan fingerprint density at radius 1 is 1.29 bits per heavy atom. The Labute approximate surface area is 164 Å². The number of β-lactam (4-membered cyclic amide) rings is 1. The first-order chi connectivity index (χ1) is 13.4. The number of hydrogen-bond donors (Lipinski definition) is 3. The molecular formula is C17H19N7O3S. The van der Waals surface area contributed by atoms with E-state index >= 15 is 0 Å². The highest BCUT2D eigenvalue weighted by Crippen LogP contribution is 2.56. The lowest BCUT2D eigenvalue weighted by molar-refractivity contribution is -0.151. The lowest BCUT2D eigenvalue weighted by Crippen LogP contribution is -2.68. The molecule has 0 spiro atoms. The van der Waals surface area contributed by atoms with Gasteiger partial charge in [-0.25, -0.2) is 0 Å². The molecule has 0 aliphatic carbocycles. The first-order valence-corrected chi connectivity index (χ1v) is 9.62. The van der Waals surface area contributed by atoms with Crippen LogP contribution < -0.4 is 10.6 Å². The summed E-state index contributed by atoms with van der Waals surface area (Å²) in [5.74, 6) is -0.497. The van der Waals surface area contributed by atoms with E-state index in [1.165, 1.54) is 0 Å². The third-order valence-corrected chi connectivity index (χ3v) is 6.38. The molecule has 2 fully saturated rings. The molecule has 2 aliphatic rings. The molecule has 11 heteroatoms. The van der Waals surface area contributed by atoms with Crippen LogP contribution in [-0.2, 0) is 9.59 Å². The number of benzene rings is 1. The monoisotopic (exact) mass is 401 g/mol. The SMILES string of the molecule is CC1(C)SC2C(NC(=O)CNC(=O)c3ccccc3)C(=O)N2C1c1nn[nH]n1. The fraction of sp³-hybridized carbons (Fsp3) is 0.412. The molecule has 2 aliphatic heterocycles. The van der Waals surface area contributed by atoms with Crippen LogP contribution in [0.2, 0.25) is 0 Å². The zero-order valence-electron chi connectivity index (χ0n) is 15.2.